The fourth-order valence-electron chi connectivity index (χ4n) is 1.07. The molecule has 0 aliphatic rings. The van der Waals surface area contributed by atoms with Crippen molar-refractivity contribution in [2.45, 2.75) is 5.16 Å². The van der Waals surface area contributed by atoms with Crippen LogP contribution in [0.25, 0.3) is 0 Å². The van der Waals surface area contributed by atoms with Crippen LogP contribution in [0.3, 0.4) is 0 Å². The predicted molar refractivity (Wildman–Crippen MR) is 58.1 cm³/mol. The normalized spacial score (nSPS) is 10.2. The molecule has 2 aromatic rings. The van der Waals surface area contributed by atoms with Crippen molar-refractivity contribution in [1.82, 2.24) is 20.5 Å². The van der Waals surface area contributed by atoms with E-state index in [-0.39, 0.29) is 5.91 Å². The Kier molecular flexibility index (Phi) is 3.60. The summed E-state index contributed by atoms with van der Waals surface area (Å²) in [6.45, 7) is 0.547. The van der Waals surface area contributed by atoms with Crippen LogP contribution >= 0.6 is 11.8 Å². The topological polar surface area (TPSA) is 83.8 Å². The Balaban J connectivity index is 1.67. The number of hydrogen-bond acceptors (Lipinski definition) is 5. The number of aromatic nitrogens is 3. The Morgan fingerprint density at radius 2 is 2.56 bits per heavy atom. The van der Waals surface area contributed by atoms with Gasteiger partial charge in [-0.3, -0.25) is 9.89 Å². The van der Waals surface area contributed by atoms with E-state index in [0.29, 0.717) is 12.3 Å². The summed E-state index contributed by atoms with van der Waals surface area (Å²) in [5.41, 5.74) is 0. The number of H-pyrrole nitrogens is 1. The zero-order valence-electron chi connectivity index (χ0n) is 8.34. The molecule has 1 amide bonds. The molecule has 0 spiro atoms. The zero-order chi connectivity index (χ0) is 11.2. The lowest BCUT2D eigenvalue weighted by molar-refractivity contribution is 0.0928. The number of furan rings is 1. The summed E-state index contributed by atoms with van der Waals surface area (Å²) >= 11 is 1.49. The summed E-state index contributed by atoms with van der Waals surface area (Å²) in [5.74, 6) is 0.842. The molecule has 0 aliphatic heterocycles. The molecular weight excluding hydrogens is 228 g/mol. The molecule has 0 saturated heterocycles. The first-order chi connectivity index (χ1) is 7.86. The van der Waals surface area contributed by atoms with Crippen molar-refractivity contribution in [3.8, 4) is 0 Å². The Labute approximate surface area is 95.8 Å². The van der Waals surface area contributed by atoms with E-state index >= 15 is 0 Å². The summed E-state index contributed by atoms with van der Waals surface area (Å²) in [6.07, 6.45) is 2.92. The minimum atomic E-state index is -0.205. The van der Waals surface area contributed by atoms with E-state index in [1.807, 2.05) is 0 Å². The van der Waals surface area contributed by atoms with Gasteiger partial charge in [-0.15, -0.1) is 0 Å². The standard InChI is InChI=1S/C9H10N4O2S/c14-8(7-2-1-4-15-7)10-3-5-16-9-11-6-12-13-9/h1-2,4,6H,3,5H2,(H,10,14)(H,11,12,13). The van der Waals surface area contributed by atoms with Gasteiger partial charge in [0.05, 0.1) is 6.26 Å². The Hall–Kier alpha value is -1.76. The maximum atomic E-state index is 11.4. The van der Waals surface area contributed by atoms with E-state index in [1.165, 1.54) is 24.4 Å². The summed E-state index contributed by atoms with van der Waals surface area (Å²) in [4.78, 5) is 15.4. The number of hydrogen-bond donors (Lipinski definition) is 2. The van der Waals surface area contributed by atoms with Crippen molar-refractivity contribution in [3.63, 3.8) is 0 Å². The van der Waals surface area contributed by atoms with Crippen LogP contribution in [-0.4, -0.2) is 33.4 Å². The van der Waals surface area contributed by atoms with E-state index in [2.05, 4.69) is 20.5 Å². The van der Waals surface area contributed by atoms with E-state index < -0.39 is 0 Å². The monoisotopic (exact) mass is 238 g/mol. The number of thioether (sulfide) groups is 1. The average molecular weight is 238 g/mol. The molecule has 16 heavy (non-hydrogen) atoms. The van der Waals surface area contributed by atoms with E-state index in [0.717, 1.165) is 10.9 Å². The van der Waals surface area contributed by atoms with Crippen molar-refractivity contribution in [2.75, 3.05) is 12.3 Å². The van der Waals surface area contributed by atoms with Crippen molar-refractivity contribution < 1.29 is 9.21 Å². The Bertz CT molecular complexity index is 426. The van der Waals surface area contributed by atoms with Crippen molar-refractivity contribution in [3.05, 3.63) is 30.5 Å². The van der Waals surface area contributed by atoms with Gasteiger partial charge < -0.3 is 9.73 Å². The van der Waals surface area contributed by atoms with Gasteiger partial charge in [0.25, 0.3) is 5.91 Å². The number of carbonyl (C=O) groups is 1. The highest BCUT2D eigenvalue weighted by atomic mass is 32.2. The third-order valence-electron chi connectivity index (χ3n) is 1.76. The lowest BCUT2D eigenvalue weighted by atomic mass is 10.4. The first-order valence-corrected chi connectivity index (χ1v) is 5.64. The molecule has 0 aromatic carbocycles. The molecule has 7 heteroatoms. The molecular formula is C9H10N4O2S. The van der Waals surface area contributed by atoms with E-state index in [9.17, 15) is 4.79 Å². The molecule has 2 N–H and O–H groups in total. The zero-order valence-corrected chi connectivity index (χ0v) is 9.16. The number of carbonyl (C=O) groups excluding carboxylic acids is 1. The lowest BCUT2D eigenvalue weighted by Gasteiger charge is -2.00. The highest BCUT2D eigenvalue weighted by Gasteiger charge is 2.06. The Morgan fingerprint density at radius 1 is 1.62 bits per heavy atom. The van der Waals surface area contributed by atoms with Crippen LogP contribution in [-0.2, 0) is 0 Å². The number of rotatable bonds is 5. The van der Waals surface area contributed by atoms with E-state index in [1.54, 1.807) is 12.1 Å². The molecule has 0 aliphatic carbocycles. The van der Waals surface area contributed by atoms with Gasteiger partial charge in [-0.25, -0.2) is 4.98 Å². The molecule has 2 aromatic heterocycles. The minimum absolute atomic E-state index is 0.205. The third-order valence-corrected chi connectivity index (χ3v) is 2.64. The van der Waals surface area contributed by atoms with Gasteiger partial charge in [0.15, 0.2) is 10.9 Å². The van der Waals surface area contributed by atoms with Gasteiger partial charge in [-0.2, -0.15) is 5.10 Å². The molecule has 0 unspecified atom stereocenters. The van der Waals surface area contributed by atoms with Crippen LogP contribution in [0.1, 0.15) is 10.6 Å². The van der Waals surface area contributed by atoms with Crippen molar-refractivity contribution >= 4 is 17.7 Å². The first kappa shape index (κ1) is 10.7. The van der Waals surface area contributed by atoms with Crippen LogP contribution in [0.4, 0.5) is 0 Å². The third kappa shape index (κ3) is 2.86. The van der Waals surface area contributed by atoms with Crippen LogP contribution in [0, 0.1) is 0 Å². The van der Waals surface area contributed by atoms with Crippen LogP contribution in [0.15, 0.2) is 34.3 Å². The summed E-state index contributed by atoms with van der Waals surface area (Å²) < 4.78 is 4.95. The van der Waals surface area contributed by atoms with Gasteiger partial charge in [0.2, 0.25) is 0 Å². The molecule has 2 rings (SSSR count). The van der Waals surface area contributed by atoms with Gasteiger partial charge in [-0.05, 0) is 12.1 Å². The SMILES string of the molecule is O=C(NCCSc1ncn[nH]1)c1ccco1. The van der Waals surface area contributed by atoms with Crippen molar-refractivity contribution in [1.29, 1.82) is 0 Å². The Morgan fingerprint density at radius 3 is 3.25 bits per heavy atom. The summed E-state index contributed by atoms with van der Waals surface area (Å²) in [7, 11) is 0. The number of nitrogens with zero attached hydrogens (tertiary/aromatic N) is 2. The molecule has 0 radical (unpaired) electrons. The highest BCUT2D eigenvalue weighted by Crippen LogP contribution is 2.08. The lowest BCUT2D eigenvalue weighted by Crippen LogP contribution is -2.25. The van der Waals surface area contributed by atoms with Gasteiger partial charge in [-0.1, -0.05) is 11.8 Å². The average Bonchev–Trinajstić information content (AvgIpc) is 2.96. The van der Waals surface area contributed by atoms with E-state index in [4.69, 9.17) is 4.42 Å². The minimum Gasteiger partial charge on any atom is -0.459 e. The highest BCUT2D eigenvalue weighted by molar-refractivity contribution is 7.99. The maximum absolute atomic E-state index is 11.4. The molecule has 0 saturated carbocycles. The largest absolute Gasteiger partial charge is 0.459 e. The van der Waals surface area contributed by atoms with Gasteiger partial charge >= 0.3 is 0 Å². The predicted octanol–water partition coefficient (Wildman–Crippen LogP) is 0.920. The number of aromatic amines is 1. The summed E-state index contributed by atoms with van der Waals surface area (Å²) in [6, 6.07) is 3.30. The van der Waals surface area contributed by atoms with Crippen LogP contribution < -0.4 is 5.32 Å². The summed E-state index contributed by atoms with van der Waals surface area (Å²) in [5, 5.41) is 9.92. The molecule has 0 bridgehead atoms. The maximum Gasteiger partial charge on any atom is 0.287 e. The number of amides is 1. The molecule has 0 fully saturated rings. The second-order valence-corrected chi connectivity index (χ2v) is 3.96. The van der Waals surface area contributed by atoms with Crippen LogP contribution in [0.2, 0.25) is 0 Å². The van der Waals surface area contributed by atoms with Gasteiger partial charge in [0, 0.05) is 12.3 Å². The van der Waals surface area contributed by atoms with Crippen LogP contribution in [0.5, 0.6) is 0 Å². The van der Waals surface area contributed by atoms with Gasteiger partial charge in [0.1, 0.15) is 6.33 Å². The molecule has 0 atom stereocenters. The van der Waals surface area contributed by atoms with Crippen molar-refractivity contribution in [2.24, 2.45) is 0 Å². The molecule has 84 valence electrons. The quantitative estimate of drug-likeness (QED) is 0.597. The number of nitrogens with one attached hydrogen (secondary N) is 2. The second-order valence-electron chi connectivity index (χ2n) is 2.87. The smallest absolute Gasteiger partial charge is 0.287 e. The first-order valence-electron chi connectivity index (χ1n) is 4.66. The fourth-order valence-corrected chi connectivity index (χ4v) is 1.71. The second kappa shape index (κ2) is 5.36. The fraction of sp³-hybridized carbons (Fsp3) is 0.222. The molecule has 2 heterocycles. The molecule has 6 nitrogen and oxygen atoms in total.